The maximum absolute atomic E-state index is 13.6. The third kappa shape index (κ3) is 6.95. The Morgan fingerprint density at radius 1 is 0.848 bits per heavy atom. The zero-order valence-electron chi connectivity index (χ0n) is 18.8. The predicted molar refractivity (Wildman–Crippen MR) is 137 cm³/mol. The first-order valence-corrected chi connectivity index (χ1v) is 11.3. The quantitative estimate of drug-likeness (QED) is 0.399. The summed E-state index contributed by atoms with van der Waals surface area (Å²) in [5, 5.41) is 4.17. The van der Waals surface area contributed by atoms with Crippen LogP contribution in [0.5, 0.6) is 0 Å². The molecule has 3 aromatic rings. The van der Waals surface area contributed by atoms with Gasteiger partial charge in [0.1, 0.15) is 6.04 Å². The third-order valence-electron chi connectivity index (χ3n) is 4.75. The van der Waals surface area contributed by atoms with Crippen LogP contribution in [0.3, 0.4) is 0 Å². The van der Waals surface area contributed by atoms with Crippen molar-refractivity contribution in [1.29, 1.82) is 0 Å². The molecule has 0 bridgehead atoms. The maximum atomic E-state index is 13.6. The number of nitrogens with one attached hydrogen (secondary N) is 1. The number of hydrogen-bond acceptors (Lipinski definition) is 2. The molecule has 0 radical (unpaired) electrons. The minimum atomic E-state index is -0.881. The lowest BCUT2D eigenvalue weighted by molar-refractivity contribution is -0.126. The largest absolute Gasteiger partial charge is 0.349 e. The minimum absolute atomic E-state index is 0.281. The van der Waals surface area contributed by atoms with Gasteiger partial charge >= 0.3 is 0 Å². The van der Waals surface area contributed by atoms with Crippen LogP contribution in [0, 0.1) is 0 Å². The van der Waals surface area contributed by atoms with Gasteiger partial charge in [-0.1, -0.05) is 65.7 Å². The molecule has 4 nitrogen and oxygen atoms in total. The molecule has 3 aromatic carbocycles. The molecule has 0 spiro atoms. The first kappa shape index (κ1) is 24.6. The van der Waals surface area contributed by atoms with E-state index in [1.165, 1.54) is 11.0 Å². The van der Waals surface area contributed by atoms with Crippen molar-refractivity contribution in [3.63, 3.8) is 0 Å². The Morgan fingerprint density at radius 2 is 1.39 bits per heavy atom. The Labute approximate surface area is 204 Å². The highest BCUT2D eigenvalue weighted by molar-refractivity contribution is 6.31. The molecule has 2 amide bonds. The lowest BCUT2D eigenvalue weighted by Gasteiger charge is -2.33. The van der Waals surface area contributed by atoms with E-state index in [1.54, 1.807) is 42.5 Å². The van der Waals surface area contributed by atoms with Crippen LogP contribution < -0.4 is 10.2 Å². The predicted octanol–water partition coefficient (Wildman–Crippen LogP) is 6.70. The van der Waals surface area contributed by atoms with Crippen LogP contribution in [0.1, 0.15) is 37.9 Å². The molecule has 33 heavy (non-hydrogen) atoms. The summed E-state index contributed by atoms with van der Waals surface area (Å²) in [6.07, 6.45) is 3.16. The highest BCUT2D eigenvalue weighted by atomic mass is 35.5. The van der Waals surface area contributed by atoms with Crippen LogP contribution >= 0.6 is 23.2 Å². The number of amides is 2. The minimum Gasteiger partial charge on any atom is -0.349 e. The second kappa shape index (κ2) is 10.7. The van der Waals surface area contributed by atoms with Crippen LogP contribution in [0.15, 0.2) is 84.9 Å². The number of rotatable bonds is 6. The van der Waals surface area contributed by atoms with E-state index >= 15 is 0 Å². The number of benzene rings is 3. The highest BCUT2D eigenvalue weighted by Crippen LogP contribution is 2.30. The van der Waals surface area contributed by atoms with E-state index in [1.807, 2.05) is 63.2 Å². The van der Waals surface area contributed by atoms with Crippen LogP contribution in [0.2, 0.25) is 10.0 Å². The molecule has 170 valence electrons. The summed E-state index contributed by atoms with van der Waals surface area (Å²) >= 11 is 12.0. The van der Waals surface area contributed by atoms with Crippen LogP contribution in [-0.2, 0) is 9.59 Å². The number of hydrogen-bond donors (Lipinski definition) is 1. The number of anilines is 1. The summed E-state index contributed by atoms with van der Waals surface area (Å²) in [4.78, 5) is 28.5. The fraction of sp³-hybridized carbons (Fsp3) is 0.185. The van der Waals surface area contributed by atoms with Crippen molar-refractivity contribution in [3.8, 4) is 0 Å². The van der Waals surface area contributed by atoms with Gasteiger partial charge in [-0.15, -0.1) is 0 Å². The number of nitrogens with zero attached hydrogens (tertiary/aromatic N) is 1. The molecule has 0 aliphatic rings. The van der Waals surface area contributed by atoms with E-state index in [0.29, 0.717) is 21.3 Å². The van der Waals surface area contributed by atoms with E-state index in [0.717, 1.165) is 5.56 Å². The SMILES string of the molecule is CC(C)(C)NC(=O)C(c1ccccc1)N(C(=O)/C=C/c1ccc(Cl)cc1)c1ccc(Cl)cc1. The first-order valence-electron chi connectivity index (χ1n) is 10.5. The van der Waals surface area contributed by atoms with Crippen molar-refractivity contribution in [2.75, 3.05) is 4.90 Å². The van der Waals surface area contributed by atoms with E-state index in [4.69, 9.17) is 23.2 Å². The lowest BCUT2D eigenvalue weighted by Crippen LogP contribution is -2.49. The van der Waals surface area contributed by atoms with Crippen LogP contribution in [-0.4, -0.2) is 17.4 Å². The Hall–Kier alpha value is -3.08. The second-order valence-electron chi connectivity index (χ2n) is 8.62. The second-order valence-corrected chi connectivity index (χ2v) is 9.49. The molecule has 1 atom stereocenters. The Kier molecular flexibility index (Phi) is 7.96. The monoisotopic (exact) mass is 480 g/mol. The molecule has 0 saturated heterocycles. The molecule has 0 aromatic heterocycles. The first-order chi connectivity index (χ1) is 15.6. The molecule has 0 fully saturated rings. The van der Waals surface area contributed by atoms with Gasteiger partial charge in [0, 0.05) is 27.3 Å². The molecule has 3 rings (SSSR count). The lowest BCUT2D eigenvalue weighted by atomic mass is 10.0. The Morgan fingerprint density at radius 3 is 1.94 bits per heavy atom. The van der Waals surface area contributed by atoms with E-state index in [9.17, 15) is 9.59 Å². The maximum Gasteiger partial charge on any atom is 0.252 e. The summed E-state index contributed by atoms with van der Waals surface area (Å²) in [6, 6.07) is 22.4. The van der Waals surface area contributed by atoms with Gasteiger partial charge in [-0.2, -0.15) is 0 Å². The molecule has 1 unspecified atom stereocenters. The van der Waals surface area contributed by atoms with Crippen LogP contribution in [0.4, 0.5) is 5.69 Å². The van der Waals surface area contributed by atoms with E-state index < -0.39 is 11.6 Å². The van der Waals surface area contributed by atoms with Crippen molar-refractivity contribution in [3.05, 3.63) is 106 Å². The van der Waals surface area contributed by atoms with Gasteiger partial charge in [0.15, 0.2) is 0 Å². The van der Waals surface area contributed by atoms with Crippen molar-refractivity contribution < 1.29 is 9.59 Å². The van der Waals surface area contributed by atoms with Gasteiger partial charge in [-0.05, 0) is 74.4 Å². The molecule has 0 aliphatic carbocycles. The molecule has 1 N–H and O–H groups in total. The summed E-state index contributed by atoms with van der Waals surface area (Å²) in [6.45, 7) is 5.71. The van der Waals surface area contributed by atoms with Crippen LogP contribution in [0.25, 0.3) is 6.08 Å². The van der Waals surface area contributed by atoms with Gasteiger partial charge in [0.2, 0.25) is 5.91 Å². The summed E-state index contributed by atoms with van der Waals surface area (Å²) < 4.78 is 0. The smallest absolute Gasteiger partial charge is 0.252 e. The number of carbonyl (C=O) groups excluding carboxylic acids is 2. The van der Waals surface area contributed by atoms with Crippen molar-refractivity contribution in [2.45, 2.75) is 32.4 Å². The molecule has 0 saturated carbocycles. The normalized spacial score (nSPS) is 12.4. The van der Waals surface area contributed by atoms with Gasteiger partial charge in [-0.3, -0.25) is 14.5 Å². The van der Waals surface area contributed by atoms with Crippen molar-refractivity contribution in [1.82, 2.24) is 5.32 Å². The van der Waals surface area contributed by atoms with Crippen molar-refractivity contribution in [2.24, 2.45) is 0 Å². The molecule has 6 heteroatoms. The third-order valence-corrected chi connectivity index (χ3v) is 5.25. The fourth-order valence-electron chi connectivity index (χ4n) is 3.32. The van der Waals surface area contributed by atoms with E-state index in [2.05, 4.69) is 5.32 Å². The average molecular weight is 481 g/mol. The highest BCUT2D eigenvalue weighted by Gasteiger charge is 2.33. The fourth-order valence-corrected chi connectivity index (χ4v) is 3.57. The zero-order valence-corrected chi connectivity index (χ0v) is 20.3. The van der Waals surface area contributed by atoms with Crippen molar-refractivity contribution >= 4 is 46.8 Å². The average Bonchev–Trinajstić information content (AvgIpc) is 2.77. The summed E-state index contributed by atoms with van der Waals surface area (Å²) in [5.41, 5.74) is 1.60. The molecule has 0 aliphatic heterocycles. The number of carbonyl (C=O) groups is 2. The molecular weight excluding hydrogens is 455 g/mol. The molecule has 0 heterocycles. The van der Waals surface area contributed by atoms with Gasteiger partial charge in [0.05, 0.1) is 0 Å². The Balaban J connectivity index is 2.07. The summed E-state index contributed by atoms with van der Waals surface area (Å²) in [7, 11) is 0. The summed E-state index contributed by atoms with van der Waals surface area (Å²) in [5.74, 6) is -0.623. The van der Waals surface area contributed by atoms with Gasteiger partial charge in [-0.25, -0.2) is 0 Å². The van der Waals surface area contributed by atoms with Gasteiger partial charge < -0.3 is 5.32 Å². The number of halogens is 2. The molecular formula is C27H26Cl2N2O2. The standard InChI is InChI=1S/C27H26Cl2N2O2/c1-27(2,3)30-26(33)25(20-7-5-4-6-8-20)31(23-16-14-22(29)15-17-23)24(32)18-11-19-9-12-21(28)13-10-19/h4-18,25H,1-3H3,(H,30,33)/b18-11+. The van der Waals surface area contributed by atoms with Gasteiger partial charge in [0.25, 0.3) is 5.91 Å². The zero-order chi connectivity index (χ0) is 24.0. The Bertz CT molecular complexity index is 1120. The topological polar surface area (TPSA) is 49.4 Å². The van der Waals surface area contributed by atoms with E-state index in [-0.39, 0.29) is 11.8 Å².